The van der Waals surface area contributed by atoms with Crippen molar-refractivity contribution in [3.8, 4) is 0 Å². The quantitative estimate of drug-likeness (QED) is 0.618. The molecule has 138 valence electrons. The minimum Gasteiger partial charge on any atom is -0.305 e. The minimum absolute atomic E-state index is 0.0228. The maximum absolute atomic E-state index is 14.3. The molecule has 0 N–H and O–H groups in total. The fourth-order valence-electron chi connectivity index (χ4n) is 2.52. The fourth-order valence-corrected chi connectivity index (χ4v) is 2.90. The van der Waals surface area contributed by atoms with Crippen molar-refractivity contribution in [1.82, 2.24) is 9.55 Å². The lowest BCUT2D eigenvalue weighted by Gasteiger charge is -2.23. The number of rotatable bonds is 5. The molecule has 0 aliphatic carbocycles. The Bertz CT molecular complexity index is 1020. The predicted octanol–water partition coefficient (Wildman–Crippen LogP) is 3.52. The van der Waals surface area contributed by atoms with Gasteiger partial charge < -0.3 is 9.47 Å². The largest absolute Gasteiger partial charge is 0.305 e. The number of anilines is 1. The van der Waals surface area contributed by atoms with Gasteiger partial charge in [-0.3, -0.25) is 14.6 Å². The van der Waals surface area contributed by atoms with E-state index in [0.29, 0.717) is 16.2 Å². The number of aromatic nitrogens is 2. The Morgan fingerprint density at radius 3 is 2.67 bits per heavy atom. The van der Waals surface area contributed by atoms with E-state index in [0.717, 1.165) is 11.0 Å². The van der Waals surface area contributed by atoms with E-state index in [-0.39, 0.29) is 24.3 Å². The molecule has 0 radical (unpaired) electrons. The van der Waals surface area contributed by atoms with Gasteiger partial charge in [0.1, 0.15) is 18.2 Å². The van der Waals surface area contributed by atoms with Crippen molar-refractivity contribution < 1.29 is 13.6 Å². The molecule has 2 heterocycles. The average molecular weight is 434 g/mol. The van der Waals surface area contributed by atoms with E-state index in [1.54, 1.807) is 30.5 Å². The van der Waals surface area contributed by atoms with Gasteiger partial charge in [-0.15, -0.1) is 0 Å². The summed E-state index contributed by atoms with van der Waals surface area (Å²) >= 11 is 3.25. The molecule has 0 fully saturated rings. The van der Waals surface area contributed by atoms with Gasteiger partial charge in [0.25, 0.3) is 5.56 Å². The van der Waals surface area contributed by atoms with E-state index in [4.69, 9.17) is 0 Å². The van der Waals surface area contributed by atoms with Gasteiger partial charge in [0.15, 0.2) is 0 Å². The lowest BCUT2D eigenvalue weighted by molar-refractivity contribution is -0.119. The summed E-state index contributed by atoms with van der Waals surface area (Å²) in [7, 11) is 0. The third-order valence-electron chi connectivity index (χ3n) is 3.80. The summed E-state index contributed by atoms with van der Waals surface area (Å²) in [4.78, 5) is 30.1. The highest BCUT2D eigenvalue weighted by Gasteiger charge is 2.21. The van der Waals surface area contributed by atoms with Crippen LogP contribution in [0.2, 0.25) is 0 Å². The number of pyridine rings is 2. The molecule has 2 aromatic heterocycles. The average Bonchev–Trinajstić information content (AvgIpc) is 2.64. The van der Waals surface area contributed by atoms with E-state index in [1.807, 2.05) is 0 Å². The number of nitrogens with zero attached hydrogens (tertiary/aromatic N) is 3. The van der Waals surface area contributed by atoms with E-state index in [2.05, 4.69) is 20.9 Å². The second-order valence-electron chi connectivity index (χ2n) is 5.71. The van der Waals surface area contributed by atoms with Crippen LogP contribution in [0.5, 0.6) is 0 Å². The van der Waals surface area contributed by atoms with Crippen LogP contribution in [-0.2, 0) is 17.9 Å². The molecule has 0 saturated carbocycles. The number of carbonyl (C=O) groups is 1. The lowest BCUT2D eigenvalue weighted by atomic mass is 10.2. The Hall–Kier alpha value is -2.87. The maximum atomic E-state index is 14.3. The number of carbonyl (C=O) groups excluding carboxylic acids is 1. The van der Waals surface area contributed by atoms with Gasteiger partial charge in [-0.2, -0.15) is 0 Å². The van der Waals surface area contributed by atoms with Crippen LogP contribution in [0.4, 0.5) is 14.5 Å². The van der Waals surface area contributed by atoms with Gasteiger partial charge in [0, 0.05) is 29.0 Å². The van der Waals surface area contributed by atoms with Gasteiger partial charge in [-0.05, 0) is 46.3 Å². The molecule has 0 bridgehead atoms. The Morgan fingerprint density at radius 2 is 1.96 bits per heavy atom. The normalized spacial score (nSPS) is 10.6. The summed E-state index contributed by atoms with van der Waals surface area (Å²) in [6, 6.07) is 11.0. The minimum atomic E-state index is -0.874. The van der Waals surface area contributed by atoms with Crippen molar-refractivity contribution in [1.29, 1.82) is 0 Å². The van der Waals surface area contributed by atoms with Gasteiger partial charge in [-0.1, -0.05) is 6.07 Å². The molecule has 0 aliphatic rings. The van der Waals surface area contributed by atoms with Crippen LogP contribution in [0, 0.1) is 11.6 Å². The van der Waals surface area contributed by atoms with E-state index in [1.165, 1.54) is 22.9 Å². The molecule has 3 rings (SSSR count). The third-order valence-corrected chi connectivity index (χ3v) is 4.27. The summed E-state index contributed by atoms with van der Waals surface area (Å²) in [5.74, 6) is -2.16. The predicted molar refractivity (Wildman–Crippen MR) is 100 cm³/mol. The molecule has 1 amide bonds. The van der Waals surface area contributed by atoms with E-state index < -0.39 is 17.5 Å². The van der Waals surface area contributed by atoms with Crippen LogP contribution in [-0.4, -0.2) is 15.5 Å². The smallest absolute Gasteiger partial charge is 0.251 e. The van der Waals surface area contributed by atoms with Crippen molar-refractivity contribution in [2.24, 2.45) is 0 Å². The lowest BCUT2D eigenvalue weighted by Crippen LogP contribution is -2.36. The molecule has 5 nitrogen and oxygen atoms in total. The van der Waals surface area contributed by atoms with Gasteiger partial charge in [-0.25, -0.2) is 8.78 Å². The first-order valence-electron chi connectivity index (χ1n) is 7.95. The van der Waals surface area contributed by atoms with E-state index in [9.17, 15) is 18.4 Å². The molecular formula is C19H14BrF2N3O2. The van der Waals surface area contributed by atoms with Crippen molar-refractivity contribution in [2.75, 3.05) is 4.90 Å². The highest BCUT2D eigenvalue weighted by atomic mass is 79.9. The highest BCUT2D eigenvalue weighted by molar-refractivity contribution is 9.10. The number of halogens is 3. The van der Waals surface area contributed by atoms with Crippen molar-refractivity contribution in [2.45, 2.75) is 13.1 Å². The Balaban J connectivity index is 1.96. The molecule has 3 aromatic rings. The first kappa shape index (κ1) is 18.9. The molecule has 1 aromatic carbocycles. The van der Waals surface area contributed by atoms with Gasteiger partial charge in [0.05, 0.1) is 17.9 Å². The molecule has 0 spiro atoms. The van der Waals surface area contributed by atoms with E-state index >= 15 is 0 Å². The Kier molecular flexibility index (Phi) is 5.75. The second kappa shape index (κ2) is 8.22. The van der Waals surface area contributed by atoms with Crippen LogP contribution >= 0.6 is 15.9 Å². The number of hydrogen-bond donors (Lipinski definition) is 0. The van der Waals surface area contributed by atoms with Crippen molar-refractivity contribution in [3.05, 3.63) is 93.1 Å². The summed E-state index contributed by atoms with van der Waals surface area (Å²) in [6.07, 6.45) is 3.03. The fraction of sp³-hybridized carbons (Fsp3) is 0.105. The highest BCUT2D eigenvalue weighted by Crippen LogP contribution is 2.22. The first-order chi connectivity index (χ1) is 12.9. The zero-order valence-electron chi connectivity index (χ0n) is 14.0. The summed E-state index contributed by atoms with van der Waals surface area (Å²) in [6.45, 7) is -0.326. The van der Waals surface area contributed by atoms with Crippen molar-refractivity contribution >= 4 is 27.5 Å². The zero-order chi connectivity index (χ0) is 19.4. The van der Waals surface area contributed by atoms with Crippen LogP contribution in [0.1, 0.15) is 5.69 Å². The maximum Gasteiger partial charge on any atom is 0.251 e. The van der Waals surface area contributed by atoms with Gasteiger partial charge in [0.2, 0.25) is 5.91 Å². The summed E-state index contributed by atoms with van der Waals surface area (Å²) in [5, 5.41) is 0. The number of benzene rings is 1. The molecule has 0 atom stereocenters. The summed E-state index contributed by atoms with van der Waals surface area (Å²) < 4.78 is 29.4. The topological polar surface area (TPSA) is 55.2 Å². The molecule has 0 saturated heterocycles. The molecule has 27 heavy (non-hydrogen) atoms. The Labute approximate surface area is 162 Å². The van der Waals surface area contributed by atoms with Gasteiger partial charge >= 0.3 is 0 Å². The van der Waals surface area contributed by atoms with Crippen LogP contribution < -0.4 is 10.5 Å². The molecule has 0 unspecified atom stereocenters. The van der Waals surface area contributed by atoms with Crippen LogP contribution in [0.15, 0.2) is 70.2 Å². The first-order valence-corrected chi connectivity index (χ1v) is 8.74. The second-order valence-corrected chi connectivity index (χ2v) is 6.63. The standard InChI is InChI=1S/C19H14BrF2N3O2/c20-13-4-7-18(26)24(10-13)12-19(27)25(11-15-3-1-2-8-23-15)17-6-5-14(21)9-16(17)22/h1-10H,11-12H2. The van der Waals surface area contributed by atoms with Crippen LogP contribution in [0.3, 0.4) is 0 Å². The number of hydrogen-bond acceptors (Lipinski definition) is 3. The molecular weight excluding hydrogens is 420 g/mol. The molecule has 0 aliphatic heterocycles. The summed E-state index contributed by atoms with van der Waals surface area (Å²) in [5.41, 5.74) is 0.0650. The number of amides is 1. The van der Waals surface area contributed by atoms with Crippen LogP contribution in [0.25, 0.3) is 0 Å². The SMILES string of the molecule is O=C(Cn1cc(Br)ccc1=O)N(Cc1ccccn1)c1ccc(F)cc1F. The van der Waals surface area contributed by atoms with Crippen molar-refractivity contribution in [3.63, 3.8) is 0 Å². The molecule has 8 heteroatoms. The zero-order valence-corrected chi connectivity index (χ0v) is 15.6. The monoisotopic (exact) mass is 433 g/mol. The third kappa shape index (κ3) is 4.65. The Morgan fingerprint density at radius 1 is 1.15 bits per heavy atom.